The highest BCUT2D eigenvalue weighted by Gasteiger charge is 2.11. The van der Waals surface area contributed by atoms with Crippen molar-refractivity contribution >= 4 is 34.4 Å². The van der Waals surface area contributed by atoms with Gasteiger partial charge in [0.2, 0.25) is 5.91 Å². The number of carbonyl (C=O) groups is 2. The first-order valence-electron chi connectivity index (χ1n) is 5.34. The summed E-state index contributed by atoms with van der Waals surface area (Å²) in [4.78, 5) is 22.4. The lowest BCUT2D eigenvalue weighted by molar-refractivity contribution is -0.118. The number of nitrogens with two attached hydrogens (primary N) is 1. The fourth-order valence-electron chi connectivity index (χ4n) is 1.47. The molecule has 0 spiro atoms. The predicted molar refractivity (Wildman–Crippen MR) is 74.7 cm³/mol. The Morgan fingerprint density at radius 3 is 2.71 bits per heavy atom. The minimum Gasteiger partial charge on any atom is -0.370 e. The Labute approximate surface area is 114 Å². The highest BCUT2D eigenvalue weighted by Crippen LogP contribution is 2.16. The SMILES string of the molecule is Cc1cccc(I)c1C(=O)NCCCC(N)=O. The summed E-state index contributed by atoms with van der Waals surface area (Å²) in [5.74, 6) is -0.443. The quantitative estimate of drug-likeness (QED) is 0.628. The summed E-state index contributed by atoms with van der Waals surface area (Å²) in [5, 5.41) is 2.78. The van der Waals surface area contributed by atoms with Gasteiger partial charge in [-0.1, -0.05) is 12.1 Å². The topological polar surface area (TPSA) is 72.2 Å². The Hall–Kier alpha value is -1.11. The van der Waals surface area contributed by atoms with Crippen LogP contribution in [-0.4, -0.2) is 18.4 Å². The molecule has 5 heteroatoms. The molecule has 0 aliphatic heterocycles. The molecule has 4 nitrogen and oxygen atoms in total. The largest absolute Gasteiger partial charge is 0.370 e. The smallest absolute Gasteiger partial charge is 0.252 e. The normalized spacial score (nSPS) is 10.0. The number of halogens is 1. The third kappa shape index (κ3) is 4.33. The van der Waals surface area contributed by atoms with Crippen LogP contribution in [-0.2, 0) is 4.79 Å². The monoisotopic (exact) mass is 346 g/mol. The molecule has 92 valence electrons. The molecule has 1 aromatic rings. The van der Waals surface area contributed by atoms with Gasteiger partial charge in [0.1, 0.15) is 0 Å². The lowest BCUT2D eigenvalue weighted by Crippen LogP contribution is -2.27. The first kappa shape index (κ1) is 14.0. The van der Waals surface area contributed by atoms with Crippen molar-refractivity contribution < 1.29 is 9.59 Å². The number of nitrogens with one attached hydrogen (secondary N) is 1. The van der Waals surface area contributed by atoms with Crippen LogP contribution in [0.3, 0.4) is 0 Å². The Bertz CT molecular complexity index is 412. The van der Waals surface area contributed by atoms with E-state index in [4.69, 9.17) is 5.73 Å². The fraction of sp³-hybridized carbons (Fsp3) is 0.333. The fourth-order valence-corrected chi connectivity index (χ4v) is 2.35. The molecule has 0 bridgehead atoms. The molecule has 3 N–H and O–H groups in total. The third-order valence-corrected chi connectivity index (χ3v) is 3.23. The van der Waals surface area contributed by atoms with E-state index >= 15 is 0 Å². The van der Waals surface area contributed by atoms with Gasteiger partial charge in [0, 0.05) is 16.5 Å². The maximum Gasteiger partial charge on any atom is 0.252 e. The van der Waals surface area contributed by atoms with E-state index in [-0.39, 0.29) is 11.8 Å². The summed E-state index contributed by atoms with van der Waals surface area (Å²) in [6, 6.07) is 5.72. The van der Waals surface area contributed by atoms with E-state index in [1.807, 2.05) is 25.1 Å². The number of rotatable bonds is 5. The van der Waals surface area contributed by atoms with Crippen LogP contribution < -0.4 is 11.1 Å². The molecule has 0 aliphatic carbocycles. The van der Waals surface area contributed by atoms with E-state index < -0.39 is 0 Å². The number of benzene rings is 1. The Morgan fingerprint density at radius 2 is 2.12 bits per heavy atom. The van der Waals surface area contributed by atoms with Crippen LogP contribution in [0, 0.1) is 10.5 Å². The van der Waals surface area contributed by atoms with Crippen molar-refractivity contribution in [1.29, 1.82) is 0 Å². The molecular weight excluding hydrogens is 331 g/mol. The van der Waals surface area contributed by atoms with Crippen LogP contribution in [0.15, 0.2) is 18.2 Å². The molecule has 1 aromatic carbocycles. The standard InChI is InChI=1S/C12H15IN2O2/c1-8-4-2-5-9(13)11(8)12(17)15-7-3-6-10(14)16/h2,4-5H,3,6-7H2,1H3,(H2,14,16)(H,15,17). The number of aryl methyl sites for hydroxylation is 1. The second kappa shape index (κ2) is 6.58. The number of primary amides is 1. The zero-order valence-corrected chi connectivity index (χ0v) is 11.8. The summed E-state index contributed by atoms with van der Waals surface area (Å²) in [7, 11) is 0. The lowest BCUT2D eigenvalue weighted by atomic mass is 10.1. The first-order valence-corrected chi connectivity index (χ1v) is 6.42. The molecule has 1 rings (SSSR count). The number of carbonyl (C=O) groups excluding carboxylic acids is 2. The first-order chi connectivity index (χ1) is 8.02. The van der Waals surface area contributed by atoms with Crippen molar-refractivity contribution in [2.24, 2.45) is 5.73 Å². The molecule has 0 radical (unpaired) electrons. The molecule has 0 heterocycles. The Kier molecular flexibility index (Phi) is 5.40. The zero-order chi connectivity index (χ0) is 12.8. The Morgan fingerprint density at radius 1 is 1.41 bits per heavy atom. The molecule has 0 fully saturated rings. The summed E-state index contributed by atoms with van der Waals surface area (Å²) < 4.78 is 0.926. The van der Waals surface area contributed by atoms with Gasteiger partial charge in [-0.25, -0.2) is 0 Å². The molecule has 2 amide bonds. The van der Waals surface area contributed by atoms with E-state index in [1.165, 1.54) is 0 Å². The van der Waals surface area contributed by atoms with Gasteiger partial charge in [0.05, 0.1) is 5.56 Å². The minimum absolute atomic E-state index is 0.100. The summed E-state index contributed by atoms with van der Waals surface area (Å²) in [6.45, 7) is 2.37. The van der Waals surface area contributed by atoms with Crippen LogP contribution in [0.1, 0.15) is 28.8 Å². The maximum absolute atomic E-state index is 11.9. The van der Waals surface area contributed by atoms with Crippen LogP contribution >= 0.6 is 22.6 Å². The molecule has 0 aromatic heterocycles. The highest BCUT2D eigenvalue weighted by atomic mass is 127. The molecule has 17 heavy (non-hydrogen) atoms. The van der Waals surface area contributed by atoms with Crippen molar-refractivity contribution in [2.75, 3.05) is 6.54 Å². The van der Waals surface area contributed by atoms with E-state index in [9.17, 15) is 9.59 Å². The van der Waals surface area contributed by atoms with Crippen molar-refractivity contribution in [3.05, 3.63) is 32.9 Å². The van der Waals surface area contributed by atoms with Crippen molar-refractivity contribution in [3.63, 3.8) is 0 Å². The third-order valence-electron chi connectivity index (χ3n) is 2.33. The lowest BCUT2D eigenvalue weighted by Gasteiger charge is -2.09. The Balaban J connectivity index is 2.55. The van der Waals surface area contributed by atoms with Crippen molar-refractivity contribution in [2.45, 2.75) is 19.8 Å². The molecule has 0 aliphatic rings. The van der Waals surface area contributed by atoms with Crippen molar-refractivity contribution in [3.8, 4) is 0 Å². The highest BCUT2D eigenvalue weighted by molar-refractivity contribution is 14.1. The average Bonchev–Trinajstić information content (AvgIpc) is 2.24. The van der Waals surface area contributed by atoms with E-state index in [1.54, 1.807) is 0 Å². The maximum atomic E-state index is 11.9. The molecule has 0 saturated carbocycles. The van der Waals surface area contributed by atoms with Gasteiger partial charge >= 0.3 is 0 Å². The van der Waals surface area contributed by atoms with Gasteiger partial charge < -0.3 is 11.1 Å². The van der Waals surface area contributed by atoms with Gasteiger partial charge in [-0.05, 0) is 47.6 Å². The van der Waals surface area contributed by atoms with Gasteiger partial charge in [-0.15, -0.1) is 0 Å². The average molecular weight is 346 g/mol. The molecule has 0 atom stereocenters. The number of amides is 2. The second-order valence-electron chi connectivity index (χ2n) is 3.76. The van der Waals surface area contributed by atoms with Gasteiger partial charge in [-0.2, -0.15) is 0 Å². The number of hydrogen-bond acceptors (Lipinski definition) is 2. The second-order valence-corrected chi connectivity index (χ2v) is 4.92. The van der Waals surface area contributed by atoms with Gasteiger partial charge in [-0.3, -0.25) is 9.59 Å². The summed E-state index contributed by atoms with van der Waals surface area (Å²) in [6.07, 6.45) is 0.870. The van der Waals surface area contributed by atoms with Gasteiger partial charge in [0.25, 0.3) is 5.91 Å². The van der Waals surface area contributed by atoms with Gasteiger partial charge in [0.15, 0.2) is 0 Å². The number of hydrogen-bond donors (Lipinski definition) is 2. The van der Waals surface area contributed by atoms with Crippen molar-refractivity contribution in [1.82, 2.24) is 5.32 Å². The molecular formula is C12H15IN2O2. The van der Waals surface area contributed by atoms with E-state index in [0.29, 0.717) is 24.9 Å². The zero-order valence-electron chi connectivity index (χ0n) is 9.63. The minimum atomic E-state index is -0.343. The van der Waals surface area contributed by atoms with Crippen LogP contribution in [0.5, 0.6) is 0 Å². The van der Waals surface area contributed by atoms with Crippen LogP contribution in [0.4, 0.5) is 0 Å². The summed E-state index contributed by atoms with van der Waals surface area (Å²) >= 11 is 2.14. The summed E-state index contributed by atoms with van der Waals surface area (Å²) in [5.41, 5.74) is 6.67. The van der Waals surface area contributed by atoms with E-state index in [2.05, 4.69) is 27.9 Å². The molecule has 0 saturated heterocycles. The predicted octanol–water partition coefficient (Wildman–Crippen LogP) is 1.59. The van der Waals surface area contributed by atoms with Crippen LogP contribution in [0.2, 0.25) is 0 Å². The van der Waals surface area contributed by atoms with Crippen LogP contribution in [0.25, 0.3) is 0 Å². The molecule has 0 unspecified atom stereocenters. The van der Waals surface area contributed by atoms with E-state index in [0.717, 1.165) is 9.13 Å².